The molecule has 0 aliphatic heterocycles. The first-order valence-corrected chi connectivity index (χ1v) is 8.40. The van der Waals surface area contributed by atoms with Gasteiger partial charge >= 0.3 is 0 Å². The van der Waals surface area contributed by atoms with Crippen LogP contribution in [0.25, 0.3) is 10.8 Å². The third-order valence-corrected chi connectivity index (χ3v) is 4.47. The SMILES string of the molecule is C=CCSCCNC(C)c1ccc2cc(OC)ccc2c1. The molecular weight excluding hydrogens is 278 g/mol. The normalized spacial score (nSPS) is 12.3. The van der Waals surface area contributed by atoms with Crippen LogP contribution >= 0.6 is 11.8 Å². The van der Waals surface area contributed by atoms with Crippen LogP contribution in [0.15, 0.2) is 49.1 Å². The van der Waals surface area contributed by atoms with Crippen molar-refractivity contribution in [2.75, 3.05) is 25.2 Å². The van der Waals surface area contributed by atoms with Crippen molar-refractivity contribution in [3.63, 3.8) is 0 Å². The Balaban J connectivity index is 1.99. The Morgan fingerprint density at radius 1 is 1.24 bits per heavy atom. The molecule has 1 N–H and O–H groups in total. The predicted molar refractivity (Wildman–Crippen MR) is 94.4 cm³/mol. The summed E-state index contributed by atoms with van der Waals surface area (Å²) in [5.41, 5.74) is 1.32. The molecule has 0 radical (unpaired) electrons. The lowest BCUT2D eigenvalue weighted by Crippen LogP contribution is -2.21. The average molecular weight is 301 g/mol. The molecule has 0 saturated carbocycles. The van der Waals surface area contributed by atoms with Gasteiger partial charge in [0.1, 0.15) is 5.75 Å². The van der Waals surface area contributed by atoms with E-state index in [1.165, 1.54) is 16.3 Å². The predicted octanol–water partition coefficient (Wildman–Crippen LogP) is 4.42. The van der Waals surface area contributed by atoms with Crippen molar-refractivity contribution >= 4 is 22.5 Å². The quantitative estimate of drug-likeness (QED) is 0.576. The Bertz CT molecular complexity index is 597. The zero-order chi connectivity index (χ0) is 15.1. The number of ether oxygens (including phenoxy) is 1. The second-order valence-electron chi connectivity index (χ2n) is 5.01. The standard InChI is InChI=1S/C18H23NOS/c1-4-10-21-11-9-19-14(2)15-5-6-17-13-18(20-3)8-7-16(17)12-15/h4-8,12-14,19H,1,9-11H2,2-3H3. The molecule has 0 saturated heterocycles. The van der Waals surface area contributed by atoms with Gasteiger partial charge in [0.2, 0.25) is 0 Å². The molecule has 2 aromatic carbocycles. The number of thioether (sulfide) groups is 1. The summed E-state index contributed by atoms with van der Waals surface area (Å²) < 4.78 is 5.26. The van der Waals surface area contributed by atoms with Crippen molar-refractivity contribution in [2.45, 2.75) is 13.0 Å². The lowest BCUT2D eigenvalue weighted by atomic mass is 10.0. The summed E-state index contributed by atoms with van der Waals surface area (Å²) in [5, 5.41) is 6.03. The van der Waals surface area contributed by atoms with Crippen LogP contribution in [0.5, 0.6) is 5.75 Å². The van der Waals surface area contributed by atoms with Gasteiger partial charge in [-0.05, 0) is 41.5 Å². The van der Waals surface area contributed by atoms with E-state index in [9.17, 15) is 0 Å². The molecule has 1 unspecified atom stereocenters. The Hall–Kier alpha value is -1.45. The van der Waals surface area contributed by atoms with Crippen LogP contribution in [0.1, 0.15) is 18.5 Å². The van der Waals surface area contributed by atoms with Crippen LogP contribution in [0.3, 0.4) is 0 Å². The van der Waals surface area contributed by atoms with Crippen LogP contribution in [-0.2, 0) is 0 Å². The number of hydrogen-bond donors (Lipinski definition) is 1. The number of hydrogen-bond acceptors (Lipinski definition) is 3. The Kier molecular flexibility index (Phi) is 6.15. The van der Waals surface area contributed by atoms with Crippen molar-refractivity contribution < 1.29 is 4.74 Å². The minimum absolute atomic E-state index is 0.362. The highest BCUT2D eigenvalue weighted by molar-refractivity contribution is 7.99. The fourth-order valence-electron chi connectivity index (χ4n) is 2.27. The largest absolute Gasteiger partial charge is 0.497 e. The summed E-state index contributed by atoms with van der Waals surface area (Å²) in [7, 11) is 1.70. The molecule has 2 aromatic rings. The maximum absolute atomic E-state index is 5.26. The summed E-state index contributed by atoms with van der Waals surface area (Å²) >= 11 is 1.90. The van der Waals surface area contributed by atoms with Gasteiger partial charge in [-0.2, -0.15) is 11.8 Å². The molecule has 0 aromatic heterocycles. The number of nitrogens with one attached hydrogen (secondary N) is 1. The van der Waals surface area contributed by atoms with Gasteiger partial charge in [0.25, 0.3) is 0 Å². The van der Waals surface area contributed by atoms with E-state index < -0.39 is 0 Å². The molecule has 112 valence electrons. The van der Waals surface area contributed by atoms with E-state index in [4.69, 9.17) is 4.74 Å². The molecule has 2 nitrogen and oxygen atoms in total. The van der Waals surface area contributed by atoms with Crippen LogP contribution in [0, 0.1) is 0 Å². The summed E-state index contributed by atoms with van der Waals surface area (Å²) in [6.07, 6.45) is 1.95. The topological polar surface area (TPSA) is 21.3 Å². The zero-order valence-corrected chi connectivity index (χ0v) is 13.6. The number of benzene rings is 2. The summed E-state index contributed by atoms with van der Waals surface area (Å²) in [6.45, 7) is 6.96. The van der Waals surface area contributed by atoms with Crippen molar-refractivity contribution in [1.82, 2.24) is 5.32 Å². The monoisotopic (exact) mass is 301 g/mol. The van der Waals surface area contributed by atoms with E-state index >= 15 is 0 Å². The van der Waals surface area contributed by atoms with Crippen molar-refractivity contribution in [3.05, 3.63) is 54.6 Å². The van der Waals surface area contributed by atoms with Crippen molar-refractivity contribution in [2.24, 2.45) is 0 Å². The summed E-state index contributed by atoms with van der Waals surface area (Å²) in [5.74, 6) is 3.04. The highest BCUT2D eigenvalue weighted by atomic mass is 32.2. The van der Waals surface area contributed by atoms with E-state index in [1.807, 2.05) is 23.9 Å². The van der Waals surface area contributed by atoms with Crippen LogP contribution in [-0.4, -0.2) is 25.2 Å². The Labute approximate surface area is 131 Å². The molecule has 3 heteroatoms. The van der Waals surface area contributed by atoms with Crippen molar-refractivity contribution in [1.29, 1.82) is 0 Å². The number of fused-ring (bicyclic) bond motifs is 1. The first-order valence-electron chi connectivity index (χ1n) is 7.24. The molecule has 0 heterocycles. The maximum Gasteiger partial charge on any atom is 0.119 e. The maximum atomic E-state index is 5.26. The van der Waals surface area contributed by atoms with Gasteiger partial charge in [-0.25, -0.2) is 0 Å². The molecule has 0 fully saturated rings. The lowest BCUT2D eigenvalue weighted by Gasteiger charge is -2.15. The minimum atomic E-state index is 0.362. The third-order valence-electron chi connectivity index (χ3n) is 3.50. The molecule has 2 rings (SSSR count). The minimum Gasteiger partial charge on any atom is -0.497 e. The van der Waals surface area contributed by atoms with Gasteiger partial charge in [0.15, 0.2) is 0 Å². The van der Waals surface area contributed by atoms with Gasteiger partial charge in [0.05, 0.1) is 7.11 Å². The van der Waals surface area contributed by atoms with Crippen LogP contribution in [0.2, 0.25) is 0 Å². The van der Waals surface area contributed by atoms with Crippen LogP contribution in [0.4, 0.5) is 0 Å². The van der Waals surface area contributed by atoms with Crippen molar-refractivity contribution in [3.8, 4) is 5.75 Å². The molecule has 0 spiro atoms. The number of methoxy groups -OCH3 is 1. The van der Waals surface area contributed by atoms with E-state index in [0.29, 0.717) is 6.04 Å². The summed E-state index contributed by atoms with van der Waals surface area (Å²) in [6, 6.07) is 13.2. The summed E-state index contributed by atoms with van der Waals surface area (Å²) in [4.78, 5) is 0. The van der Waals surface area contributed by atoms with E-state index in [2.05, 4.69) is 49.2 Å². The van der Waals surface area contributed by atoms with E-state index in [0.717, 1.165) is 23.8 Å². The number of rotatable bonds is 8. The molecule has 0 amide bonds. The molecule has 0 aliphatic rings. The second kappa shape index (κ2) is 8.11. The van der Waals surface area contributed by atoms with Gasteiger partial charge in [-0.15, -0.1) is 6.58 Å². The van der Waals surface area contributed by atoms with Gasteiger partial charge in [0, 0.05) is 24.1 Å². The molecule has 1 atom stereocenters. The third kappa shape index (κ3) is 4.51. The van der Waals surface area contributed by atoms with Gasteiger partial charge in [-0.1, -0.05) is 24.3 Å². The van der Waals surface area contributed by atoms with E-state index in [1.54, 1.807) is 7.11 Å². The Morgan fingerprint density at radius 3 is 2.76 bits per heavy atom. The zero-order valence-electron chi connectivity index (χ0n) is 12.8. The Morgan fingerprint density at radius 2 is 2.00 bits per heavy atom. The highest BCUT2D eigenvalue weighted by Gasteiger charge is 2.05. The smallest absolute Gasteiger partial charge is 0.119 e. The molecule has 0 bridgehead atoms. The van der Waals surface area contributed by atoms with Gasteiger partial charge in [-0.3, -0.25) is 0 Å². The highest BCUT2D eigenvalue weighted by Crippen LogP contribution is 2.24. The fraction of sp³-hybridized carbons (Fsp3) is 0.333. The van der Waals surface area contributed by atoms with Gasteiger partial charge < -0.3 is 10.1 Å². The lowest BCUT2D eigenvalue weighted by molar-refractivity contribution is 0.415. The first-order chi connectivity index (χ1) is 10.2. The molecule has 0 aliphatic carbocycles. The average Bonchev–Trinajstić information content (AvgIpc) is 2.53. The fourth-order valence-corrected chi connectivity index (χ4v) is 2.87. The first kappa shape index (κ1) is 15.9. The molecule has 21 heavy (non-hydrogen) atoms. The second-order valence-corrected chi connectivity index (χ2v) is 6.16. The van der Waals surface area contributed by atoms with E-state index in [-0.39, 0.29) is 0 Å². The molecular formula is C18H23NOS. The van der Waals surface area contributed by atoms with Crippen LogP contribution < -0.4 is 10.1 Å².